The highest BCUT2D eigenvalue weighted by Crippen LogP contribution is 2.29. The van der Waals surface area contributed by atoms with Gasteiger partial charge < -0.3 is 10.2 Å². The van der Waals surface area contributed by atoms with E-state index in [1.165, 1.54) is 29.1 Å². The first-order valence-electron chi connectivity index (χ1n) is 12.1. The van der Waals surface area contributed by atoms with Crippen LogP contribution in [0.25, 0.3) is 33.3 Å². The average Bonchev–Trinajstić information content (AvgIpc) is 3.35. The lowest BCUT2D eigenvalue weighted by atomic mass is 10.1. The van der Waals surface area contributed by atoms with Crippen LogP contribution < -0.4 is 15.3 Å². The predicted octanol–water partition coefficient (Wildman–Crippen LogP) is 4.24. The molecule has 6 aromatic rings. The number of rotatable bonds is 7. The maximum absolute atomic E-state index is 13.5. The molecule has 1 unspecified atom stereocenters. The van der Waals surface area contributed by atoms with Crippen LogP contribution in [0.3, 0.4) is 0 Å². The third kappa shape index (κ3) is 5.02. The van der Waals surface area contributed by atoms with Crippen molar-refractivity contribution >= 4 is 38.0 Å². The van der Waals surface area contributed by atoms with Crippen molar-refractivity contribution in [1.82, 2.24) is 30.1 Å². The van der Waals surface area contributed by atoms with Gasteiger partial charge in [0.25, 0.3) is 5.88 Å². The normalized spacial score (nSPS) is 12.5. The standard InChI is InChI=1S/C27H21FN8O3S/c1-16(17-8-12-20(13-9-17)40(29,37)38)30-27-32-23-15-14-21(18-6-10-19(28)11-7-18)31-25(23)26(33-27)39-36-24-5-3-2-4-22(24)34-35-36/h2-16H,1H3,(H2,29,37,38)(H,30,32,33). The SMILES string of the molecule is CC(Nc1nc(On2nnc3ccccc32)c2nc(-c3ccc(F)cc3)ccc2n1)c1ccc(S(N)(=O)=O)cc1. The number of nitrogens with two attached hydrogens (primary N) is 1. The molecule has 0 saturated heterocycles. The van der Waals surface area contributed by atoms with E-state index < -0.39 is 10.0 Å². The van der Waals surface area contributed by atoms with Crippen LogP contribution >= 0.6 is 0 Å². The quantitative estimate of drug-likeness (QED) is 0.294. The Bertz CT molecular complexity index is 1960. The fraction of sp³-hybridized carbons (Fsp3) is 0.0741. The lowest BCUT2D eigenvalue weighted by Gasteiger charge is -2.16. The number of aromatic nitrogens is 6. The van der Waals surface area contributed by atoms with Crippen LogP contribution in [0.4, 0.5) is 10.3 Å². The number of primary sulfonamides is 1. The van der Waals surface area contributed by atoms with Gasteiger partial charge in [-0.25, -0.2) is 27.9 Å². The van der Waals surface area contributed by atoms with Gasteiger partial charge >= 0.3 is 0 Å². The van der Waals surface area contributed by atoms with Crippen molar-refractivity contribution in [3.05, 3.63) is 96.3 Å². The molecule has 13 heteroatoms. The summed E-state index contributed by atoms with van der Waals surface area (Å²) in [5, 5.41) is 16.6. The average molecular weight is 557 g/mol. The minimum absolute atomic E-state index is 0.0178. The minimum Gasteiger partial charge on any atom is -0.348 e. The van der Waals surface area contributed by atoms with Crippen molar-refractivity contribution in [2.24, 2.45) is 5.14 Å². The largest absolute Gasteiger partial charge is 0.348 e. The first-order valence-corrected chi connectivity index (χ1v) is 13.6. The van der Waals surface area contributed by atoms with Gasteiger partial charge in [-0.3, -0.25) is 0 Å². The van der Waals surface area contributed by atoms with Crippen molar-refractivity contribution in [2.45, 2.75) is 17.9 Å². The van der Waals surface area contributed by atoms with Crippen LogP contribution in [-0.4, -0.2) is 38.5 Å². The first-order chi connectivity index (χ1) is 19.2. The van der Waals surface area contributed by atoms with Gasteiger partial charge in [0.05, 0.1) is 22.1 Å². The second-order valence-electron chi connectivity index (χ2n) is 8.95. The van der Waals surface area contributed by atoms with Crippen LogP contribution in [0.5, 0.6) is 5.88 Å². The molecule has 3 heterocycles. The summed E-state index contributed by atoms with van der Waals surface area (Å²) in [4.78, 5) is 21.3. The molecule has 40 heavy (non-hydrogen) atoms. The summed E-state index contributed by atoms with van der Waals surface area (Å²) in [7, 11) is -3.80. The summed E-state index contributed by atoms with van der Waals surface area (Å²) in [6, 6.07) is 22.7. The van der Waals surface area contributed by atoms with E-state index in [-0.39, 0.29) is 28.6 Å². The molecule has 3 aromatic heterocycles. The van der Waals surface area contributed by atoms with Gasteiger partial charge in [0.1, 0.15) is 16.9 Å². The van der Waals surface area contributed by atoms with Crippen molar-refractivity contribution < 1.29 is 17.6 Å². The van der Waals surface area contributed by atoms with Gasteiger partial charge in [-0.2, -0.15) is 4.98 Å². The molecule has 0 radical (unpaired) electrons. The number of fused-ring (bicyclic) bond motifs is 2. The van der Waals surface area contributed by atoms with Crippen LogP contribution in [0.15, 0.2) is 89.8 Å². The number of sulfonamides is 1. The number of halogens is 1. The molecule has 11 nitrogen and oxygen atoms in total. The number of para-hydroxylation sites is 1. The molecule has 0 amide bonds. The molecule has 0 aliphatic rings. The van der Waals surface area contributed by atoms with Crippen molar-refractivity contribution in [2.75, 3.05) is 5.32 Å². The van der Waals surface area contributed by atoms with E-state index in [4.69, 9.17) is 15.0 Å². The summed E-state index contributed by atoms with van der Waals surface area (Å²) >= 11 is 0. The Labute approximate surface area is 227 Å². The van der Waals surface area contributed by atoms with Gasteiger partial charge in [0.15, 0.2) is 5.52 Å². The molecule has 0 spiro atoms. The van der Waals surface area contributed by atoms with Gasteiger partial charge in [0, 0.05) is 5.56 Å². The molecule has 3 N–H and O–H groups in total. The zero-order chi connectivity index (χ0) is 27.9. The second kappa shape index (κ2) is 9.94. The van der Waals surface area contributed by atoms with Gasteiger partial charge in [-0.15, -0.1) is 5.10 Å². The molecule has 0 aliphatic carbocycles. The predicted molar refractivity (Wildman–Crippen MR) is 146 cm³/mol. The fourth-order valence-corrected chi connectivity index (χ4v) is 4.63. The number of hydrogen-bond acceptors (Lipinski definition) is 9. The first kappa shape index (κ1) is 25.3. The highest BCUT2D eigenvalue weighted by Gasteiger charge is 2.18. The van der Waals surface area contributed by atoms with E-state index in [0.29, 0.717) is 33.3 Å². The Morgan fingerprint density at radius 2 is 1.65 bits per heavy atom. The summed E-state index contributed by atoms with van der Waals surface area (Å²) in [6.45, 7) is 1.88. The highest BCUT2D eigenvalue weighted by atomic mass is 32.2. The Morgan fingerprint density at radius 3 is 2.40 bits per heavy atom. The Hall–Kier alpha value is -5.01. The third-order valence-corrected chi connectivity index (χ3v) is 7.13. The van der Waals surface area contributed by atoms with E-state index in [9.17, 15) is 12.8 Å². The third-order valence-electron chi connectivity index (χ3n) is 6.20. The molecule has 0 bridgehead atoms. The summed E-state index contributed by atoms with van der Waals surface area (Å²) < 4.78 is 36.7. The number of benzene rings is 3. The van der Waals surface area contributed by atoms with Gasteiger partial charge in [-0.1, -0.05) is 29.1 Å². The molecule has 200 valence electrons. The Morgan fingerprint density at radius 1 is 0.900 bits per heavy atom. The summed E-state index contributed by atoms with van der Waals surface area (Å²) in [6.07, 6.45) is 0. The van der Waals surface area contributed by atoms with E-state index >= 15 is 0 Å². The molecular formula is C27H21FN8O3S. The van der Waals surface area contributed by atoms with Crippen LogP contribution in [0.2, 0.25) is 0 Å². The Kier molecular flexibility index (Phi) is 6.28. The summed E-state index contributed by atoms with van der Waals surface area (Å²) in [5.74, 6) is 0.00856. The lowest BCUT2D eigenvalue weighted by Crippen LogP contribution is -2.14. The number of nitrogens with zero attached hydrogens (tertiary/aromatic N) is 6. The Balaban J connectivity index is 1.40. The zero-order valence-corrected chi connectivity index (χ0v) is 21.7. The van der Waals surface area contributed by atoms with Crippen LogP contribution in [-0.2, 0) is 10.0 Å². The molecule has 6 rings (SSSR count). The maximum Gasteiger partial charge on any atom is 0.280 e. The zero-order valence-electron chi connectivity index (χ0n) is 20.9. The number of anilines is 1. The number of pyridine rings is 1. The van der Waals surface area contributed by atoms with Crippen molar-refractivity contribution in [1.29, 1.82) is 0 Å². The number of hydrogen-bond donors (Lipinski definition) is 2. The highest BCUT2D eigenvalue weighted by molar-refractivity contribution is 7.89. The van der Waals surface area contributed by atoms with Crippen molar-refractivity contribution in [3.8, 4) is 17.1 Å². The van der Waals surface area contributed by atoms with Crippen LogP contribution in [0.1, 0.15) is 18.5 Å². The van der Waals surface area contributed by atoms with E-state index in [0.717, 1.165) is 5.56 Å². The van der Waals surface area contributed by atoms with E-state index in [1.807, 2.05) is 25.1 Å². The van der Waals surface area contributed by atoms with Gasteiger partial charge in [-0.05, 0) is 78.4 Å². The molecule has 0 saturated carbocycles. The second-order valence-corrected chi connectivity index (χ2v) is 10.5. The lowest BCUT2D eigenvalue weighted by molar-refractivity contribution is 0.178. The molecule has 1 atom stereocenters. The van der Waals surface area contributed by atoms with Crippen LogP contribution in [0, 0.1) is 5.82 Å². The molecular weight excluding hydrogens is 535 g/mol. The number of nitrogens with one attached hydrogen (secondary N) is 1. The van der Waals surface area contributed by atoms with E-state index in [1.54, 1.807) is 42.5 Å². The van der Waals surface area contributed by atoms with Crippen molar-refractivity contribution in [3.63, 3.8) is 0 Å². The maximum atomic E-state index is 13.5. The molecule has 0 aliphatic heterocycles. The molecule has 0 fully saturated rings. The monoisotopic (exact) mass is 556 g/mol. The fourth-order valence-electron chi connectivity index (χ4n) is 4.12. The topological polar surface area (TPSA) is 151 Å². The minimum atomic E-state index is -3.80. The summed E-state index contributed by atoms with van der Waals surface area (Å²) in [5.41, 5.74) is 4.17. The molecule has 3 aromatic carbocycles. The van der Waals surface area contributed by atoms with E-state index in [2.05, 4.69) is 25.6 Å². The smallest absolute Gasteiger partial charge is 0.280 e. The van der Waals surface area contributed by atoms with Gasteiger partial charge in [0.2, 0.25) is 16.0 Å².